The smallest absolute Gasteiger partial charge is 0.0530 e. The molecule has 0 bridgehead atoms. The van der Waals surface area contributed by atoms with E-state index < -0.39 is 0 Å². The Morgan fingerprint density at radius 2 is 1.77 bits per heavy atom. The topological polar surface area (TPSA) is 26.0 Å². The fourth-order valence-corrected chi connectivity index (χ4v) is 5.08. The molecule has 1 aliphatic carbocycles. The maximum Gasteiger partial charge on any atom is 0.0530 e. The highest BCUT2D eigenvalue weighted by Crippen LogP contribution is 2.43. The van der Waals surface area contributed by atoms with E-state index in [1.165, 1.54) is 30.4 Å². The summed E-state index contributed by atoms with van der Waals surface area (Å²) in [5.41, 5.74) is 9.13. The van der Waals surface area contributed by atoms with Crippen LogP contribution >= 0.6 is 23.4 Å². The van der Waals surface area contributed by atoms with Crippen LogP contribution in [-0.2, 0) is 11.3 Å². The molecular weight excluding hydrogens is 310 g/mol. The molecule has 1 nitrogen and oxygen atoms in total. The van der Waals surface area contributed by atoms with Crippen molar-refractivity contribution in [3.8, 4) is 0 Å². The molecule has 1 fully saturated rings. The van der Waals surface area contributed by atoms with E-state index in [0.29, 0.717) is 5.25 Å². The first kappa shape index (κ1) is 15.9. The molecule has 0 aromatic heterocycles. The third-order valence-electron chi connectivity index (χ3n) is 4.59. The maximum absolute atomic E-state index is 6.87. The zero-order chi connectivity index (χ0) is 15.4. The van der Waals surface area contributed by atoms with Gasteiger partial charge in [-0.15, -0.1) is 0 Å². The molecule has 2 aromatic carbocycles. The quantitative estimate of drug-likeness (QED) is 0.815. The largest absolute Gasteiger partial charge is 0.320 e. The third-order valence-corrected chi connectivity index (χ3v) is 6.50. The molecule has 0 spiro atoms. The van der Waals surface area contributed by atoms with Crippen LogP contribution in [0.25, 0.3) is 0 Å². The van der Waals surface area contributed by atoms with Crippen molar-refractivity contribution >= 4 is 23.4 Å². The molecule has 2 unspecified atom stereocenters. The van der Waals surface area contributed by atoms with E-state index in [4.69, 9.17) is 17.3 Å². The normalized spacial score (nSPS) is 25.1. The fourth-order valence-electron chi connectivity index (χ4n) is 3.28. The van der Waals surface area contributed by atoms with Gasteiger partial charge in [0.05, 0.1) is 5.54 Å². The highest BCUT2D eigenvalue weighted by atomic mass is 35.5. The Morgan fingerprint density at radius 1 is 1.05 bits per heavy atom. The van der Waals surface area contributed by atoms with Gasteiger partial charge in [0, 0.05) is 16.0 Å². The van der Waals surface area contributed by atoms with Crippen molar-refractivity contribution in [1.29, 1.82) is 0 Å². The molecule has 0 saturated heterocycles. The molecule has 22 heavy (non-hydrogen) atoms. The maximum atomic E-state index is 6.87. The lowest BCUT2D eigenvalue weighted by molar-refractivity contribution is 0.314. The Morgan fingerprint density at radius 3 is 2.55 bits per heavy atom. The van der Waals surface area contributed by atoms with Gasteiger partial charge in [-0.2, -0.15) is 11.8 Å². The van der Waals surface area contributed by atoms with Crippen LogP contribution in [0.4, 0.5) is 0 Å². The van der Waals surface area contributed by atoms with E-state index in [0.717, 1.165) is 17.2 Å². The van der Waals surface area contributed by atoms with E-state index in [1.807, 2.05) is 23.9 Å². The average molecular weight is 332 g/mol. The van der Waals surface area contributed by atoms with E-state index in [9.17, 15) is 0 Å². The molecule has 0 heterocycles. The number of nitrogens with two attached hydrogens (primary N) is 1. The number of halogens is 1. The van der Waals surface area contributed by atoms with Gasteiger partial charge in [-0.25, -0.2) is 0 Å². The summed E-state index contributed by atoms with van der Waals surface area (Å²) in [6.45, 7) is 0. The predicted molar refractivity (Wildman–Crippen MR) is 97.3 cm³/mol. The molecule has 116 valence electrons. The van der Waals surface area contributed by atoms with Crippen molar-refractivity contribution in [2.24, 2.45) is 5.73 Å². The standard InChI is InChI=1S/C19H22ClNS/c20-17-11-5-4-8-15(17)14-22-18-12-6-7-13-19(18,21)16-9-2-1-3-10-16/h1-5,8-11,18H,6-7,12-14,21H2. The summed E-state index contributed by atoms with van der Waals surface area (Å²) in [7, 11) is 0. The number of hydrogen-bond acceptors (Lipinski definition) is 2. The summed E-state index contributed by atoms with van der Waals surface area (Å²) in [6.07, 6.45) is 4.73. The van der Waals surface area contributed by atoms with Gasteiger partial charge < -0.3 is 5.73 Å². The lowest BCUT2D eigenvalue weighted by atomic mass is 9.77. The number of thioether (sulfide) groups is 1. The number of rotatable bonds is 4. The van der Waals surface area contributed by atoms with Crippen molar-refractivity contribution in [3.05, 3.63) is 70.7 Å². The van der Waals surface area contributed by atoms with Gasteiger partial charge in [0.2, 0.25) is 0 Å². The van der Waals surface area contributed by atoms with Crippen LogP contribution in [-0.4, -0.2) is 5.25 Å². The van der Waals surface area contributed by atoms with Crippen molar-refractivity contribution < 1.29 is 0 Å². The minimum atomic E-state index is -0.217. The Labute approximate surface area is 142 Å². The second kappa shape index (κ2) is 7.08. The molecule has 0 amide bonds. The highest BCUT2D eigenvalue weighted by Gasteiger charge is 2.38. The molecule has 2 N–H and O–H groups in total. The summed E-state index contributed by atoms with van der Waals surface area (Å²) < 4.78 is 0. The minimum Gasteiger partial charge on any atom is -0.320 e. The van der Waals surface area contributed by atoms with Gasteiger partial charge in [0.1, 0.15) is 0 Å². The van der Waals surface area contributed by atoms with Crippen LogP contribution in [0.5, 0.6) is 0 Å². The van der Waals surface area contributed by atoms with Crippen LogP contribution in [0.2, 0.25) is 5.02 Å². The number of benzene rings is 2. The minimum absolute atomic E-state index is 0.217. The zero-order valence-corrected chi connectivity index (χ0v) is 14.2. The zero-order valence-electron chi connectivity index (χ0n) is 12.7. The Balaban J connectivity index is 1.77. The van der Waals surface area contributed by atoms with Crippen LogP contribution < -0.4 is 5.73 Å². The SMILES string of the molecule is NC1(c2ccccc2)CCCCC1SCc1ccccc1Cl. The van der Waals surface area contributed by atoms with Gasteiger partial charge in [-0.1, -0.05) is 73.0 Å². The van der Waals surface area contributed by atoms with Gasteiger partial charge in [-0.05, 0) is 30.0 Å². The van der Waals surface area contributed by atoms with Crippen LogP contribution in [0.1, 0.15) is 36.8 Å². The molecule has 3 heteroatoms. The number of hydrogen-bond donors (Lipinski definition) is 1. The molecule has 3 rings (SSSR count). The molecular formula is C19H22ClNS. The van der Waals surface area contributed by atoms with Crippen LogP contribution in [0, 0.1) is 0 Å². The summed E-state index contributed by atoms with van der Waals surface area (Å²) in [5.74, 6) is 0.927. The van der Waals surface area contributed by atoms with E-state index in [-0.39, 0.29) is 5.54 Å². The Bertz CT molecular complexity index is 616. The summed E-state index contributed by atoms with van der Waals surface area (Å²) in [5, 5.41) is 1.30. The third kappa shape index (κ3) is 3.34. The van der Waals surface area contributed by atoms with Crippen LogP contribution in [0.15, 0.2) is 54.6 Å². The Hall–Kier alpha value is -0.960. The summed E-state index contributed by atoms with van der Waals surface area (Å²) >= 11 is 8.24. The van der Waals surface area contributed by atoms with Crippen molar-refractivity contribution in [2.45, 2.75) is 42.2 Å². The lowest BCUT2D eigenvalue weighted by Gasteiger charge is -2.41. The van der Waals surface area contributed by atoms with E-state index in [1.54, 1.807) is 0 Å². The molecule has 1 aliphatic rings. The van der Waals surface area contributed by atoms with Gasteiger partial charge in [0.25, 0.3) is 0 Å². The molecule has 0 aliphatic heterocycles. The first-order valence-corrected chi connectivity index (χ1v) is 9.32. The monoisotopic (exact) mass is 331 g/mol. The second-order valence-corrected chi connectivity index (χ2v) is 7.64. The van der Waals surface area contributed by atoms with Crippen molar-refractivity contribution in [2.75, 3.05) is 0 Å². The first-order chi connectivity index (χ1) is 10.7. The van der Waals surface area contributed by atoms with E-state index >= 15 is 0 Å². The van der Waals surface area contributed by atoms with Crippen molar-refractivity contribution in [1.82, 2.24) is 0 Å². The van der Waals surface area contributed by atoms with Crippen LogP contribution in [0.3, 0.4) is 0 Å². The summed E-state index contributed by atoms with van der Waals surface area (Å²) in [4.78, 5) is 0. The second-order valence-electron chi connectivity index (χ2n) is 6.04. The fraction of sp³-hybridized carbons (Fsp3) is 0.368. The van der Waals surface area contributed by atoms with Gasteiger partial charge >= 0.3 is 0 Å². The van der Waals surface area contributed by atoms with Gasteiger partial charge in [-0.3, -0.25) is 0 Å². The predicted octanol–water partition coefficient (Wildman–Crippen LogP) is 5.37. The lowest BCUT2D eigenvalue weighted by Crippen LogP contribution is -2.48. The summed E-state index contributed by atoms with van der Waals surface area (Å²) in [6, 6.07) is 18.7. The first-order valence-electron chi connectivity index (χ1n) is 7.89. The van der Waals surface area contributed by atoms with Gasteiger partial charge in [0.15, 0.2) is 0 Å². The average Bonchev–Trinajstić information content (AvgIpc) is 2.56. The van der Waals surface area contributed by atoms with E-state index in [2.05, 4.69) is 42.5 Å². The molecule has 1 saturated carbocycles. The van der Waals surface area contributed by atoms with Crippen molar-refractivity contribution in [3.63, 3.8) is 0 Å². The molecule has 2 atom stereocenters. The molecule has 2 aromatic rings. The Kier molecular flexibility index (Phi) is 5.12. The molecule has 0 radical (unpaired) electrons. The highest BCUT2D eigenvalue weighted by molar-refractivity contribution is 7.99.